The topological polar surface area (TPSA) is 137 Å². The Balaban J connectivity index is 0.000000124. The molecule has 4 unspecified atom stereocenters. The van der Waals surface area contributed by atoms with Gasteiger partial charge in [0.2, 0.25) is 0 Å². The minimum atomic E-state index is -0.481. The summed E-state index contributed by atoms with van der Waals surface area (Å²) in [5.41, 5.74) is 4.65. The minimum Gasteiger partial charge on any atom is -0.393 e. The lowest BCUT2D eigenvalue weighted by atomic mass is 9.73. The van der Waals surface area contributed by atoms with Crippen LogP contribution in [0.15, 0.2) is 45.4 Å². The van der Waals surface area contributed by atoms with E-state index in [1.54, 1.807) is 18.2 Å². The Kier molecular flexibility index (Phi) is 13.5. The average Bonchev–Trinajstić information content (AvgIpc) is 4.07. The summed E-state index contributed by atoms with van der Waals surface area (Å²) >= 11 is 31.3. The average molecular weight is 969 g/mol. The van der Waals surface area contributed by atoms with Gasteiger partial charge in [0.1, 0.15) is 22.9 Å². The highest BCUT2D eigenvalue weighted by atomic mass is 35.5. The Morgan fingerprint density at radius 2 is 0.984 bits per heavy atom. The molecule has 17 heteroatoms. The van der Waals surface area contributed by atoms with Crippen LogP contribution in [0.1, 0.15) is 85.8 Å². The molecule has 2 aromatic carbocycles. The molecule has 6 heterocycles. The molecule has 4 saturated carbocycles. The first-order chi connectivity index (χ1) is 30.7. The molecule has 0 radical (unpaired) electrons. The summed E-state index contributed by atoms with van der Waals surface area (Å²) in [6, 6.07) is 10.8. The van der Waals surface area contributed by atoms with Crippen molar-refractivity contribution in [2.45, 2.75) is 99.5 Å². The third kappa shape index (κ3) is 8.85. The fraction of sp³-hybridized carbons (Fsp3) is 0.609. The maximum absolute atomic E-state index is 9.69. The minimum absolute atomic E-state index is 0.105. The number of hydrogen-bond donors (Lipinski definition) is 1. The molecule has 8 aliphatic rings. The number of aliphatic hydroxyl groups excluding tert-OH is 1. The van der Waals surface area contributed by atoms with E-state index in [2.05, 4.69) is 10.3 Å². The standard InChI is InChI=1S/C23H25Cl2NO5.C13H10Cl3NO.C10H16O4/c24-18-2-1-3-19(25)20(18)21-17(22(31-26-21)13-4-5-13)12-28-16-8-14-10-27-11-15(9-16)23(14)29-6-7-30-23;14-6-8-12(17-18-13(8)7-4-5-7)11-9(15)2-1-3-10(11)16;11-9-3-7-5-12-6-8(4-9)10(7)13-1-2-14-10/h1-3,13-16H,4-12H2;1-3,7H,4-6H2;7-9,11H,1-6H2. The van der Waals surface area contributed by atoms with Crippen LogP contribution < -0.4 is 0 Å². The van der Waals surface area contributed by atoms with Crippen molar-refractivity contribution < 1.29 is 47.3 Å². The summed E-state index contributed by atoms with van der Waals surface area (Å²) in [6.45, 7) is 5.73. The van der Waals surface area contributed by atoms with Crippen molar-refractivity contribution in [1.82, 2.24) is 10.3 Å². The number of ether oxygens (including phenoxy) is 7. The second-order valence-corrected chi connectivity index (χ2v) is 19.7. The van der Waals surface area contributed by atoms with Crippen LogP contribution in [0.4, 0.5) is 0 Å². The fourth-order valence-electron chi connectivity index (χ4n) is 10.5. The molecule has 4 bridgehead atoms. The first kappa shape index (κ1) is 44.8. The van der Waals surface area contributed by atoms with Crippen molar-refractivity contribution in [3.8, 4) is 22.5 Å². The van der Waals surface area contributed by atoms with Crippen molar-refractivity contribution >= 4 is 58.0 Å². The van der Waals surface area contributed by atoms with Crippen LogP contribution in [0.3, 0.4) is 0 Å². The van der Waals surface area contributed by atoms with Crippen molar-refractivity contribution in [3.63, 3.8) is 0 Å². The second kappa shape index (κ2) is 18.9. The molecule has 63 heavy (non-hydrogen) atoms. The summed E-state index contributed by atoms with van der Waals surface area (Å²) < 4.78 is 52.7. The zero-order valence-electron chi connectivity index (χ0n) is 34.7. The van der Waals surface area contributed by atoms with Gasteiger partial charge in [0, 0.05) is 57.8 Å². The molecule has 0 amide bonds. The van der Waals surface area contributed by atoms with E-state index in [-0.39, 0.29) is 35.9 Å². The van der Waals surface area contributed by atoms with E-state index in [1.165, 1.54) is 0 Å². The number of aromatic nitrogens is 2. The molecule has 12 nitrogen and oxygen atoms in total. The van der Waals surface area contributed by atoms with Gasteiger partial charge < -0.3 is 47.3 Å². The Hall–Kier alpha value is -2.01. The van der Waals surface area contributed by atoms with Crippen LogP contribution in [-0.4, -0.2) is 92.1 Å². The summed E-state index contributed by atoms with van der Waals surface area (Å²) in [5.74, 6) is 2.92. The first-order valence-corrected chi connectivity index (χ1v) is 24.2. The van der Waals surface area contributed by atoms with Gasteiger partial charge in [-0.3, -0.25) is 0 Å². The number of nitrogens with zero attached hydrogens (tertiary/aromatic N) is 2. The Bertz CT molecular complexity index is 2160. The number of alkyl halides is 1. The lowest BCUT2D eigenvalue weighted by Gasteiger charge is -2.50. The van der Waals surface area contributed by atoms with E-state index in [0.717, 1.165) is 74.0 Å². The van der Waals surface area contributed by atoms with Gasteiger partial charge in [-0.2, -0.15) is 0 Å². The number of hydrogen-bond acceptors (Lipinski definition) is 12. The smallest absolute Gasteiger partial charge is 0.178 e. The van der Waals surface area contributed by atoms with Crippen LogP contribution >= 0.6 is 58.0 Å². The van der Waals surface area contributed by atoms with Crippen LogP contribution in [0, 0.1) is 23.7 Å². The van der Waals surface area contributed by atoms with Crippen molar-refractivity contribution in [1.29, 1.82) is 0 Å². The van der Waals surface area contributed by atoms with Gasteiger partial charge in [-0.05, 0) is 75.6 Å². The van der Waals surface area contributed by atoms with E-state index >= 15 is 0 Å². The predicted octanol–water partition coefficient (Wildman–Crippen LogP) is 10.6. The summed E-state index contributed by atoms with van der Waals surface area (Å²) in [6.07, 6.45) is 7.59. The molecule has 2 spiro atoms. The van der Waals surface area contributed by atoms with Crippen molar-refractivity contribution in [2.24, 2.45) is 23.7 Å². The van der Waals surface area contributed by atoms with Crippen LogP contribution in [0.5, 0.6) is 0 Å². The lowest BCUT2D eigenvalue weighted by Crippen LogP contribution is -2.58. The highest BCUT2D eigenvalue weighted by Crippen LogP contribution is 2.51. The largest absolute Gasteiger partial charge is 0.393 e. The third-order valence-electron chi connectivity index (χ3n) is 13.8. The third-order valence-corrected chi connectivity index (χ3v) is 15.3. The van der Waals surface area contributed by atoms with E-state index in [9.17, 15) is 5.11 Å². The highest BCUT2D eigenvalue weighted by Gasteiger charge is 2.58. The predicted molar refractivity (Wildman–Crippen MR) is 235 cm³/mol. The van der Waals surface area contributed by atoms with Crippen LogP contribution in [0.2, 0.25) is 20.1 Å². The summed E-state index contributed by atoms with van der Waals surface area (Å²) in [4.78, 5) is 0. The fourth-order valence-corrected chi connectivity index (χ4v) is 11.9. The van der Waals surface area contributed by atoms with Gasteiger partial charge in [0.05, 0.1) is 97.6 Å². The maximum Gasteiger partial charge on any atom is 0.178 e. The molecule has 2 aromatic heterocycles. The Labute approximate surface area is 391 Å². The molecule has 4 aromatic rings. The van der Waals surface area contributed by atoms with Gasteiger partial charge in [-0.15, -0.1) is 11.6 Å². The monoisotopic (exact) mass is 966 g/mol. The lowest BCUT2D eigenvalue weighted by molar-refractivity contribution is -0.301. The molecule has 340 valence electrons. The molecule has 1 N–H and O–H groups in total. The summed E-state index contributed by atoms with van der Waals surface area (Å²) in [7, 11) is 0. The number of rotatable bonds is 8. The van der Waals surface area contributed by atoms with E-state index in [4.69, 9.17) is 100 Å². The first-order valence-electron chi connectivity index (χ1n) is 22.1. The normalized spacial score (nSPS) is 29.0. The second-order valence-electron chi connectivity index (χ2n) is 17.9. The SMILES string of the molecule is ClCc1c(-c2c(Cl)cccc2Cl)noc1C1CC1.Clc1cccc(Cl)c1-c1noc(C2CC2)c1COC1CC2COCC(C1)C21OCCO1.OC1CC2COCC(C1)C21OCCO1. The molecule has 4 aliphatic heterocycles. The maximum atomic E-state index is 9.69. The zero-order valence-corrected chi connectivity index (χ0v) is 38.5. The molecule has 4 atom stereocenters. The molecule has 12 rings (SSSR count). The molecule has 8 fully saturated rings. The van der Waals surface area contributed by atoms with Gasteiger partial charge in [-0.25, -0.2) is 0 Å². The number of benzene rings is 2. The molecular formula is C46H51Cl5N2O10. The van der Waals surface area contributed by atoms with Gasteiger partial charge >= 0.3 is 0 Å². The van der Waals surface area contributed by atoms with Gasteiger partial charge in [0.25, 0.3) is 0 Å². The Morgan fingerprint density at radius 3 is 1.40 bits per heavy atom. The quantitative estimate of drug-likeness (QED) is 0.168. The van der Waals surface area contributed by atoms with E-state index < -0.39 is 11.6 Å². The van der Waals surface area contributed by atoms with E-state index in [0.29, 0.717) is 120 Å². The van der Waals surface area contributed by atoms with Gasteiger partial charge in [0.15, 0.2) is 11.6 Å². The number of aliphatic hydroxyl groups is 1. The molecule has 4 aliphatic carbocycles. The van der Waals surface area contributed by atoms with E-state index in [1.807, 2.05) is 18.2 Å². The van der Waals surface area contributed by atoms with Crippen molar-refractivity contribution in [2.75, 3.05) is 52.9 Å². The van der Waals surface area contributed by atoms with Gasteiger partial charge in [-0.1, -0.05) is 68.8 Å². The van der Waals surface area contributed by atoms with Crippen LogP contribution in [0.25, 0.3) is 22.5 Å². The molecular weight excluding hydrogens is 918 g/mol. The van der Waals surface area contributed by atoms with Crippen molar-refractivity contribution in [3.05, 3.63) is 79.1 Å². The zero-order chi connectivity index (χ0) is 43.3. The highest BCUT2D eigenvalue weighted by molar-refractivity contribution is 6.39. The van der Waals surface area contributed by atoms with Crippen LogP contribution in [-0.2, 0) is 45.6 Å². The molecule has 4 saturated heterocycles. The Morgan fingerprint density at radius 1 is 0.587 bits per heavy atom. The summed E-state index contributed by atoms with van der Waals surface area (Å²) in [5, 5.41) is 20.4. The number of halogens is 5.